The quantitative estimate of drug-likeness (QED) is 0.679. The second-order valence-corrected chi connectivity index (χ2v) is 3.86. The summed E-state index contributed by atoms with van der Waals surface area (Å²) in [6.45, 7) is 6.29. The maximum Gasteiger partial charge on any atom is 0.0754 e. The molecular weight excluding hydrogens is 162 g/mol. The van der Waals surface area contributed by atoms with Gasteiger partial charge in [-0.25, -0.2) is 0 Å². The van der Waals surface area contributed by atoms with E-state index in [2.05, 4.69) is 30.5 Å². The number of aryl methyl sites for hydroxylation is 2. The van der Waals surface area contributed by atoms with E-state index in [1.165, 1.54) is 24.2 Å². The maximum absolute atomic E-state index is 5.62. The predicted molar refractivity (Wildman–Crippen MR) is 52.9 cm³/mol. The Morgan fingerprint density at radius 1 is 1.38 bits per heavy atom. The average Bonchev–Trinajstić information content (AvgIpc) is 2.70. The third-order valence-corrected chi connectivity index (χ3v) is 2.83. The summed E-state index contributed by atoms with van der Waals surface area (Å²) < 4.78 is 7.96. The number of hydrogen-bond acceptors (Lipinski definition) is 1. The monoisotopic (exact) mass is 179 g/mol. The standard InChI is InChI=1S/C11H17NO/c1-9-5-6-10(2)12(9)8-11-4-3-7-13-11/h5-6,11H,3-4,7-8H2,1-2H3/t11-/m0/s1. The summed E-state index contributed by atoms with van der Waals surface area (Å²) in [6, 6.07) is 4.34. The molecule has 13 heavy (non-hydrogen) atoms. The SMILES string of the molecule is Cc1ccc(C)n1C[C@@H]1CCCO1. The maximum atomic E-state index is 5.62. The molecule has 0 saturated carbocycles. The van der Waals surface area contributed by atoms with Crippen LogP contribution in [-0.4, -0.2) is 17.3 Å². The van der Waals surface area contributed by atoms with Crippen LogP contribution >= 0.6 is 0 Å². The molecule has 1 fully saturated rings. The van der Waals surface area contributed by atoms with Gasteiger partial charge in [0.25, 0.3) is 0 Å². The molecule has 2 rings (SSSR count). The van der Waals surface area contributed by atoms with Crippen LogP contribution in [0.1, 0.15) is 24.2 Å². The molecule has 0 aromatic carbocycles. The minimum absolute atomic E-state index is 0.449. The number of ether oxygens (including phenoxy) is 1. The van der Waals surface area contributed by atoms with Crippen molar-refractivity contribution >= 4 is 0 Å². The van der Waals surface area contributed by atoms with E-state index in [1.807, 2.05) is 0 Å². The van der Waals surface area contributed by atoms with Crippen LogP contribution in [0.5, 0.6) is 0 Å². The van der Waals surface area contributed by atoms with Gasteiger partial charge < -0.3 is 9.30 Å². The van der Waals surface area contributed by atoms with E-state index in [0.717, 1.165) is 13.2 Å². The van der Waals surface area contributed by atoms with Crippen molar-refractivity contribution in [2.75, 3.05) is 6.61 Å². The van der Waals surface area contributed by atoms with Crippen molar-refractivity contribution in [1.82, 2.24) is 4.57 Å². The minimum atomic E-state index is 0.449. The van der Waals surface area contributed by atoms with Gasteiger partial charge in [0.1, 0.15) is 0 Å². The average molecular weight is 179 g/mol. The van der Waals surface area contributed by atoms with Gasteiger partial charge in [-0.3, -0.25) is 0 Å². The van der Waals surface area contributed by atoms with Crippen molar-refractivity contribution in [3.05, 3.63) is 23.5 Å². The summed E-state index contributed by atoms with van der Waals surface area (Å²) in [4.78, 5) is 0. The highest BCUT2D eigenvalue weighted by Gasteiger charge is 2.16. The number of rotatable bonds is 2. The molecule has 1 saturated heterocycles. The Morgan fingerprint density at radius 2 is 2.08 bits per heavy atom. The molecule has 1 atom stereocenters. The molecule has 2 nitrogen and oxygen atoms in total. The molecule has 0 radical (unpaired) electrons. The zero-order valence-corrected chi connectivity index (χ0v) is 8.42. The third-order valence-electron chi connectivity index (χ3n) is 2.83. The van der Waals surface area contributed by atoms with E-state index < -0.39 is 0 Å². The second kappa shape index (κ2) is 3.54. The van der Waals surface area contributed by atoms with E-state index in [-0.39, 0.29) is 0 Å². The van der Waals surface area contributed by atoms with Gasteiger partial charge in [-0.05, 0) is 38.8 Å². The van der Waals surface area contributed by atoms with Crippen molar-refractivity contribution in [1.29, 1.82) is 0 Å². The fourth-order valence-corrected chi connectivity index (χ4v) is 1.98. The zero-order valence-electron chi connectivity index (χ0n) is 8.42. The molecule has 1 aliphatic rings. The number of aromatic nitrogens is 1. The fraction of sp³-hybridized carbons (Fsp3) is 0.636. The molecule has 0 aliphatic carbocycles. The molecule has 72 valence electrons. The molecule has 2 heteroatoms. The van der Waals surface area contributed by atoms with Crippen molar-refractivity contribution in [3.8, 4) is 0 Å². The lowest BCUT2D eigenvalue weighted by Gasteiger charge is -2.14. The smallest absolute Gasteiger partial charge is 0.0754 e. The second-order valence-electron chi connectivity index (χ2n) is 3.86. The van der Waals surface area contributed by atoms with Gasteiger partial charge in [0.2, 0.25) is 0 Å². The molecule has 0 spiro atoms. The summed E-state index contributed by atoms with van der Waals surface area (Å²) in [5.74, 6) is 0. The Hall–Kier alpha value is -0.760. The van der Waals surface area contributed by atoms with E-state index in [9.17, 15) is 0 Å². The first-order valence-corrected chi connectivity index (χ1v) is 5.01. The van der Waals surface area contributed by atoms with Gasteiger partial charge in [0.15, 0.2) is 0 Å². The van der Waals surface area contributed by atoms with Gasteiger partial charge in [-0.1, -0.05) is 0 Å². The summed E-state index contributed by atoms with van der Waals surface area (Å²) in [6.07, 6.45) is 2.89. The summed E-state index contributed by atoms with van der Waals surface area (Å²) in [5, 5.41) is 0. The molecule has 0 amide bonds. The van der Waals surface area contributed by atoms with E-state index >= 15 is 0 Å². The van der Waals surface area contributed by atoms with Gasteiger partial charge in [-0.2, -0.15) is 0 Å². The van der Waals surface area contributed by atoms with Crippen molar-refractivity contribution in [3.63, 3.8) is 0 Å². The van der Waals surface area contributed by atoms with Crippen LogP contribution in [-0.2, 0) is 11.3 Å². The summed E-state index contributed by atoms with van der Waals surface area (Å²) in [5.41, 5.74) is 2.68. The van der Waals surface area contributed by atoms with Crippen LogP contribution in [0, 0.1) is 13.8 Å². The zero-order chi connectivity index (χ0) is 9.26. The lowest BCUT2D eigenvalue weighted by atomic mass is 10.2. The van der Waals surface area contributed by atoms with E-state index in [1.54, 1.807) is 0 Å². The van der Waals surface area contributed by atoms with Crippen LogP contribution in [0.15, 0.2) is 12.1 Å². The first kappa shape index (κ1) is 8.82. The largest absolute Gasteiger partial charge is 0.376 e. The summed E-state index contributed by atoms with van der Waals surface area (Å²) >= 11 is 0. The summed E-state index contributed by atoms with van der Waals surface area (Å²) in [7, 11) is 0. The normalized spacial score (nSPS) is 22.5. The van der Waals surface area contributed by atoms with Crippen LogP contribution in [0.25, 0.3) is 0 Å². The first-order chi connectivity index (χ1) is 6.27. The minimum Gasteiger partial charge on any atom is -0.376 e. The first-order valence-electron chi connectivity index (χ1n) is 5.01. The molecule has 1 aromatic rings. The van der Waals surface area contributed by atoms with Gasteiger partial charge in [-0.15, -0.1) is 0 Å². The molecule has 0 bridgehead atoms. The highest BCUT2D eigenvalue weighted by molar-refractivity contribution is 5.13. The van der Waals surface area contributed by atoms with Crippen LogP contribution in [0.4, 0.5) is 0 Å². The Balaban J connectivity index is 2.07. The fourth-order valence-electron chi connectivity index (χ4n) is 1.98. The highest BCUT2D eigenvalue weighted by Crippen LogP contribution is 2.16. The van der Waals surface area contributed by atoms with Crippen LogP contribution in [0.2, 0.25) is 0 Å². The van der Waals surface area contributed by atoms with Crippen molar-refractivity contribution in [2.24, 2.45) is 0 Å². The Labute approximate surface area is 79.5 Å². The number of nitrogens with zero attached hydrogens (tertiary/aromatic N) is 1. The van der Waals surface area contributed by atoms with Crippen molar-refractivity contribution in [2.45, 2.75) is 39.3 Å². The highest BCUT2D eigenvalue weighted by atomic mass is 16.5. The van der Waals surface area contributed by atoms with Gasteiger partial charge >= 0.3 is 0 Å². The van der Waals surface area contributed by atoms with Crippen LogP contribution < -0.4 is 0 Å². The Morgan fingerprint density at radius 3 is 2.62 bits per heavy atom. The van der Waals surface area contributed by atoms with Crippen molar-refractivity contribution < 1.29 is 4.74 Å². The molecule has 1 aliphatic heterocycles. The molecule has 2 heterocycles. The molecule has 0 N–H and O–H groups in total. The van der Waals surface area contributed by atoms with E-state index in [4.69, 9.17) is 4.74 Å². The predicted octanol–water partition coefficient (Wildman–Crippen LogP) is 2.28. The topological polar surface area (TPSA) is 14.2 Å². The lowest BCUT2D eigenvalue weighted by molar-refractivity contribution is 0.0962. The third kappa shape index (κ3) is 1.78. The lowest BCUT2D eigenvalue weighted by Crippen LogP contribution is -2.16. The van der Waals surface area contributed by atoms with Gasteiger partial charge in [0, 0.05) is 24.5 Å². The van der Waals surface area contributed by atoms with Crippen LogP contribution in [0.3, 0.4) is 0 Å². The Bertz CT molecular complexity index is 265. The molecule has 1 aromatic heterocycles. The molecule has 0 unspecified atom stereocenters. The Kier molecular flexibility index (Phi) is 2.40. The van der Waals surface area contributed by atoms with E-state index in [0.29, 0.717) is 6.10 Å². The van der Waals surface area contributed by atoms with Gasteiger partial charge in [0.05, 0.1) is 6.10 Å². The number of hydrogen-bond donors (Lipinski definition) is 0. The molecular formula is C11H17NO.